The average molecular weight is 210 g/mol. The number of rotatable bonds is 1. The molecule has 86 valence electrons. The summed E-state index contributed by atoms with van der Waals surface area (Å²) >= 11 is 0. The minimum absolute atomic E-state index is 0.246. The van der Waals surface area contributed by atoms with Gasteiger partial charge in [-0.3, -0.25) is 4.79 Å². The second kappa shape index (κ2) is 4.12. The van der Waals surface area contributed by atoms with Crippen LogP contribution in [0.4, 0.5) is 0 Å². The second-order valence-corrected chi connectivity index (χ2v) is 5.12. The van der Waals surface area contributed by atoms with Crippen molar-refractivity contribution in [2.75, 3.05) is 32.7 Å². The van der Waals surface area contributed by atoms with Crippen molar-refractivity contribution in [3.63, 3.8) is 0 Å². The van der Waals surface area contributed by atoms with Gasteiger partial charge in [0.05, 0.1) is 0 Å². The molecule has 0 aromatic heterocycles. The van der Waals surface area contributed by atoms with E-state index in [2.05, 4.69) is 11.8 Å². The van der Waals surface area contributed by atoms with E-state index in [1.807, 2.05) is 4.90 Å². The number of piperidine rings is 1. The van der Waals surface area contributed by atoms with Crippen molar-refractivity contribution in [3.8, 4) is 0 Å². The highest BCUT2D eigenvalue weighted by Gasteiger charge is 2.40. The summed E-state index contributed by atoms with van der Waals surface area (Å²) in [5, 5.41) is 0. The summed E-state index contributed by atoms with van der Waals surface area (Å²) in [5.74, 6) is 0.246. The molecule has 2 aliphatic rings. The van der Waals surface area contributed by atoms with E-state index < -0.39 is 0 Å². The van der Waals surface area contributed by atoms with Crippen LogP contribution in [0.25, 0.3) is 0 Å². The number of hydrogen-bond acceptors (Lipinski definition) is 2. The Morgan fingerprint density at radius 3 is 2.27 bits per heavy atom. The van der Waals surface area contributed by atoms with Crippen LogP contribution in [0.2, 0.25) is 0 Å². The summed E-state index contributed by atoms with van der Waals surface area (Å²) in [6, 6.07) is 0. The number of likely N-dealkylation sites (tertiary alicyclic amines) is 2. The molecule has 2 heterocycles. The molecule has 2 saturated heterocycles. The molecule has 0 bridgehead atoms. The van der Waals surface area contributed by atoms with Gasteiger partial charge in [-0.15, -0.1) is 0 Å². The van der Waals surface area contributed by atoms with Gasteiger partial charge in [-0.05, 0) is 37.8 Å². The third-order valence-electron chi connectivity index (χ3n) is 4.23. The normalized spacial score (nSPS) is 26.1. The monoisotopic (exact) mass is 210 g/mol. The van der Waals surface area contributed by atoms with Gasteiger partial charge in [-0.25, -0.2) is 0 Å². The Hall–Kier alpha value is -0.570. The summed E-state index contributed by atoms with van der Waals surface area (Å²) < 4.78 is 0. The number of nitrogens with zero attached hydrogens (tertiary/aromatic N) is 2. The third kappa shape index (κ3) is 2.17. The molecular formula is C12H22N2O. The lowest BCUT2D eigenvalue weighted by Crippen LogP contribution is -2.43. The molecule has 2 fully saturated rings. The zero-order valence-corrected chi connectivity index (χ0v) is 9.96. The van der Waals surface area contributed by atoms with Crippen molar-refractivity contribution in [2.45, 2.75) is 33.1 Å². The van der Waals surface area contributed by atoms with Gasteiger partial charge in [0.15, 0.2) is 0 Å². The fraction of sp³-hybridized carbons (Fsp3) is 0.917. The van der Waals surface area contributed by atoms with Gasteiger partial charge in [0.25, 0.3) is 0 Å². The highest BCUT2D eigenvalue weighted by Crippen LogP contribution is 2.40. The molecule has 0 atom stereocenters. The smallest absolute Gasteiger partial charge is 0.219 e. The van der Waals surface area contributed by atoms with Gasteiger partial charge >= 0.3 is 0 Å². The molecule has 0 saturated carbocycles. The van der Waals surface area contributed by atoms with Gasteiger partial charge in [0.1, 0.15) is 0 Å². The van der Waals surface area contributed by atoms with E-state index in [1.54, 1.807) is 6.92 Å². The third-order valence-corrected chi connectivity index (χ3v) is 4.23. The quantitative estimate of drug-likeness (QED) is 0.652. The van der Waals surface area contributed by atoms with E-state index in [0.29, 0.717) is 5.41 Å². The van der Waals surface area contributed by atoms with E-state index in [4.69, 9.17) is 0 Å². The standard InChI is InChI=1S/C12H22N2O/c1-3-13-7-4-12(10-13)5-8-14(9-6-12)11(2)15/h3-10H2,1-2H3. The molecular weight excluding hydrogens is 188 g/mol. The van der Waals surface area contributed by atoms with Crippen LogP contribution in [0.15, 0.2) is 0 Å². The molecule has 2 aliphatic heterocycles. The lowest BCUT2D eigenvalue weighted by atomic mass is 9.78. The van der Waals surface area contributed by atoms with Gasteiger partial charge in [0, 0.05) is 26.6 Å². The van der Waals surface area contributed by atoms with Gasteiger partial charge < -0.3 is 9.80 Å². The fourth-order valence-electron chi connectivity index (χ4n) is 3.00. The SMILES string of the molecule is CCN1CCC2(CCN(C(C)=O)CC2)C1. The van der Waals surface area contributed by atoms with Gasteiger partial charge in [0.2, 0.25) is 5.91 Å². The van der Waals surface area contributed by atoms with E-state index >= 15 is 0 Å². The van der Waals surface area contributed by atoms with Crippen molar-refractivity contribution in [1.29, 1.82) is 0 Å². The van der Waals surface area contributed by atoms with Gasteiger partial charge in [-0.1, -0.05) is 6.92 Å². The maximum Gasteiger partial charge on any atom is 0.219 e. The lowest BCUT2D eigenvalue weighted by molar-refractivity contribution is -0.131. The Bertz CT molecular complexity index is 244. The Balaban J connectivity index is 1.90. The minimum Gasteiger partial charge on any atom is -0.343 e. The van der Waals surface area contributed by atoms with Crippen molar-refractivity contribution < 1.29 is 4.79 Å². The molecule has 2 rings (SSSR count). The molecule has 0 aromatic carbocycles. The zero-order valence-electron chi connectivity index (χ0n) is 9.96. The molecule has 0 unspecified atom stereocenters. The minimum atomic E-state index is 0.246. The molecule has 0 N–H and O–H groups in total. The molecule has 0 aromatic rings. The first-order valence-electron chi connectivity index (χ1n) is 6.13. The first-order chi connectivity index (χ1) is 7.15. The van der Waals surface area contributed by atoms with Crippen LogP contribution in [0.3, 0.4) is 0 Å². The Morgan fingerprint density at radius 2 is 1.80 bits per heavy atom. The lowest BCUT2D eigenvalue weighted by Gasteiger charge is -2.39. The molecule has 3 nitrogen and oxygen atoms in total. The molecule has 0 radical (unpaired) electrons. The first-order valence-corrected chi connectivity index (χ1v) is 6.13. The zero-order chi connectivity index (χ0) is 10.9. The highest BCUT2D eigenvalue weighted by atomic mass is 16.2. The van der Waals surface area contributed by atoms with E-state index in [-0.39, 0.29) is 5.91 Å². The number of hydrogen-bond donors (Lipinski definition) is 0. The van der Waals surface area contributed by atoms with Crippen molar-refractivity contribution in [1.82, 2.24) is 9.80 Å². The molecule has 1 spiro atoms. The average Bonchev–Trinajstić information content (AvgIpc) is 2.62. The Morgan fingerprint density at radius 1 is 1.20 bits per heavy atom. The van der Waals surface area contributed by atoms with Crippen LogP contribution in [0.5, 0.6) is 0 Å². The van der Waals surface area contributed by atoms with Crippen LogP contribution in [-0.2, 0) is 4.79 Å². The largest absolute Gasteiger partial charge is 0.343 e. The molecule has 0 aliphatic carbocycles. The van der Waals surface area contributed by atoms with Crippen LogP contribution >= 0.6 is 0 Å². The van der Waals surface area contributed by atoms with Crippen LogP contribution in [0.1, 0.15) is 33.1 Å². The Labute approximate surface area is 92.4 Å². The topological polar surface area (TPSA) is 23.6 Å². The van der Waals surface area contributed by atoms with E-state index in [0.717, 1.165) is 13.1 Å². The van der Waals surface area contributed by atoms with Crippen LogP contribution in [-0.4, -0.2) is 48.4 Å². The van der Waals surface area contributed by atoms with Crippen molar-refractivity contribution in [3.05, 3.63) is 0 Å². The molecule has 3 heteroatoms. The highest BCUT2D eigenvalue weighted by molar-refractivity contribution is 5.73. The second-order valence-electron chi connectivity index (χ2n) is 5.12. The summed E-state index contributed by atoms with van der Waals surface area (Å²) in [4.78, 5) is 15.8. The maximum atomic E-state index is 11.2. The van der Waals surface area contributed by atoms with Gasteiger partial charge in [-0.2, -0.15) is 0 Å². The summed E-state index contributed by atoms with van der Waals surface area (Å²) in [5.41, 5.74) is 0.544. The predicted molar refractivity (Wildman–Crippen MR) is 60.7 cm³/mol. The fourth-order valence-corrected chi connectivity index (χ4v) is 3.00. The van der Waals surface area contributed by atoms with Crippen molar-refractivity contribution >= 4 is 5.91 Å². The number of carbonyl (C=O) groups excluding carboxylic acids is 1. The van der Waals surface area contributed by atoms with Crippen LogP contribution in [0, 0.1) is 5.41 Å². The number of amides is 1. The first kappa shape index (κ1) is 10.9. The summed E-state index contributed by atoms with van der Waals surface area (Å²) in [6.07, 6.45) is 3.76. The van der Waals surface area contributed by atoms with E-state index in [1.165, 1.54) is 38.9 Å². The van der Waals surface area contributed by atoms with E-state index in [9.17, 15) is 4.79 Å². The number of carbonyl (C=O) groups is 1. The molecule has 1 amide bonds. The predicted octanol–water partition coefficient (Wildman–Crippen LogP) is 1.34. The maximum absolute atomic E-state index is 11.2. The summed E-state index contributed by atoms with van der Waals surface area (Å²) in [7, 11) is 0. The van der Waals surface area contributed by atoms with Crippen molar-refractivity contribution in [2.24, 2.45) is 5.41 Å². The molecule has 15 heavy (non-hydrogen) atoms. The Kier molecular flexibility index (Phi) is 3.01. The summed E-state index contributed by atoms with van der Waals surface area (Å²) in [6.45, 7) is 9.58. The van der Waals surface area contributed by atoms with Crippen LogP contribution < -0.4 is 0 Å².